The van der Waals surface area contributed by atoms with Gasteiger partial charge in [-0.25, -0.2) is 0 Å². The number of nitrogens with zero attached hydrogens (tertiary/aromatic N) is 1. The summed E-state index contributed by atoms with van der Waals surface area (Å²) >= 11 is 5.84. The van der Waals surface area contributed by atoms with E-state index in [9.17, 15) is 4.79 Å². The molecule has 2 atom stereocenters. The van der Waals surface area contributed by atoms with Gasteiger partial charge in [0, 0.05) is 25.2 Å². The van der Waals surface area contributed by atoms with Gasteiger partial charge in [-0.3, -0.25) is 9.69 Å². The standard InChI is InChI=1S/C14H20ClN3O2/c1-9(18-6-5-11(8-18)20-2)14(19)17-13-4-3-10(15)7-12(13)16/h3-4,7,9,11H,5-6,8,16H2,1-2H3,(H,17,19). The van der Waals surface area contributed by atoms with E-state index in [1.165, 1.54) is 0 Å². The number of carbonyl (C=O) groups excluding carboxylic acids is 1. The normalized spacial score (nSPS) is 20.9. The molecule has 1 aliphatic rings. The van der Waals surface area contributed by atoms with Gasteiger partial charge in [0.1, 0.15) is 0 Å². The first kappa shape index (κ1) is 15.1. The van der Waals surface area contributed by atoms with E-state index in [-0.39, 0.29) is 18.1 Å². The van der Waals surface area contributed by atoms with E-state index in [4.69, 9.17) is 22.1 Å². The molecule has 0 aromatic heterocycles. The molecule has 1 saturated heterocycles. The van der Waals surface area contributed by atoms with E-state index in [1.54, 1.807) is 25.3 Å². The van der Waals surface area contributed by atoms with Gasteiger partial charge in [0.25, 0.3) is 0 Å². The summed E-state index contributed by atoms with van der Waals surface area (Å²) in [4.78, 5) is 14.4. The predicted molar refractivity (Wildman–Crippen MR) is 80.9 cm³/mol. The summed E-state index contributed by atoms with van der Waals surface area (Å²) in [6, 6.07) is 4.82. The Kier molecular flexibility index (Phi) is 4.86. The van der Waals surface area contributed by atoms with Crippen molar-refractivity contribution in [3.05, 3.63) is 23.2 Å². The fourth-order valence-electron chi connectivity index (χ4n) is 2.35. The van der Waals surface area contributed by atoms with Crippen LogP contribution in [0, 0.1) is 0 Å². The first-order valence-corrected chi connectivity index (χ1v) is 7.01. The third kappa shape index (κ3) is 3.42. The molecule has 1 amide bonds. The molecule has 6 heteroatoms. The van der Waals surface area contributed by atoms with E-state index < -0.39 is 0 Å². The van der Waals surface area contributed by atoms with E-state index in [1.807, 2.05) is 6.92 Å². The summed E-state index contributed by atoms with van der Waals surface area (Å²) in [5.74, 6) is -0.0734. The molecule has 3 N–H and O–H groups in total. The maximum Gasteiger partial charge on any atom is 0.241 e. The maximum absolute atomic E-state index is 12.2. The van der Waals surface area contributed by atoms with Gasteiger partial charge in [-0.05, 0) is 31.5 Å². The third-order valence-corrected chi connectivity index (χ3v) is 3.94. The van der Waals surface area contributed by atoms with Gasteiger partial charge in [0.15, 0.2) is 0 Å². The van der Waals surface area contributed by atoms with Gasteiger partial charge in [-0.1, -0.05) is 11.6 Å². The van der Waals surface area contributed by atoms with Crippen LogP contribution >= 0.6 is 11.6 Å². The lowest BCUT2D eigenvalue weighted by Crippen LogP contribution is -2.41. The Morgan fingerprint density at radius 1 is 1.60 bits per heavy atom. The molecule has 0 radical (unpaired) electrons. The average molecular weight is 298 g/mol. The highest BCUT2D eigenvalue weighted by atomic mass is 35.5. The molecule has 110 valence electrons. The van der Waals surface area contributed by atoms with E-state index in [2.05, 4.69) is 10.2 Å². The van der Waals surface area contributed by atoms with Crippen LogP contribution in [0.15, 0.2) is 18.2 Å². The number of halogens is 1. The molecule has 0 aliphatic carbocycles. The maximum atomic E-state index is 12.2. The van der Waals surface area contributed by atoms with Crippen LogP contribution in [0.3, 0.4) is 0 Å². The number of nitrogens with two attached hydrogens (primary N) is 1. The lowest BCUT2D eigenvalue weighted by molar-refractivity contribution is -0.120. The van der Waals surface area contributed by atoms with Crippen molar-refractivity contribution in [2.75, 3.05) is 31.2 Å². The van der Waals surface area contributed by atoms with Gasteiger partial charge in [0.2, 0.25) is 5.91 Å². The Hall–Kier alpha value is -1.30. The lowest BCUT2D eigenvalue weighted by Gasteiger charge is -2.23. The topological polar surface area (TPSA) is 67.6 Å². The molecule has 5 nitrogen and oxygen atoms in total. The minimum atomic E-state index is -0.217. The van der Waals surface area contributed by atoms with E-state index >= 15 is 0 Å². The van der Waals surface area contributed by atoms with Crippen molar-refractivity contribution in [2.24, 2.45) is 0 Å². The average Bonchev–Trinajstić information content (AvgIpc) is 2.89. The van der Waals surface area contributed by atoms with Crippen molar-refractivity contribution in [1.29, 1.82) is 0 Å². The third-order valence-electron chi connectivity index (χ3n) is 3.71. The zero-order valence-corrected chi connectivity index (χ0v) is 12.5. The summed E-state index contributed by atoms with van der Waals surface area (Å²) in [5.41, 5.74) is 6.89. The van der Waals surface area contributed by atoms with Crippen LogP contribution in [0.4, 0.5) is 11.4 Å². The largest absolute Gasteiger partial charge is 0.397 e. The van der Waals surface area contributed by atoms with Gasteiger partial charge >= 0.3 is 0 Å². The van der Waals surface area contributed by atoms with Crippen LogP contribution in [0.5, 0.6) is 0 Å². The zero-order chi connectivity index (χ0) is 14.7. The van der Waals surface area contributed by atoms with E-state index in [0.717, 1.165) is 19.5 Å². The lowest BCUT2D eigenvalue weighted by atomic mass is 10.2. The number of amides is 1. The molecular weight excluding hydrogens is 278 g/mol. The van der Waals surface area contributed by atoms with E-state index in [0.29, 0.717) is 16.4 Å². The number of carbonyl (C=O) groups is 1. The molecule has 2 unspecified atom stereocenters. The molecule has 1 aromatic carbocycles. The first-order valence-electron chi connectivity index (χ1n) is 6.64. The van der Waals surface area contributed by atoms with Crippen LogP contribution in [0.25, 0.3) is 0 Å². The first-order chi connectivity index (χ1) is 9.51. The summed E-state index contributed by atoms with van der Waals surface area (Å²) < 4.78 is 5.31. The number of ether oxygens (including phenoxy) is 1. The fraction of sp³-hybridized carbons (Fsp3) is 0.500. The monoisotopic (exact) mass is 297 g/mol. The SMILES string of the molecule is COC1CCN(C(C)C(=O)Nc2ccc(Cl)cc2N)C1. The van der Waals surface area contributed by atoms with Gasteiger partial charge in [0.05, 0.1) is 23.5 Å². The smallest absolute Gasteiger partial charge is 0.241 e. The summed E-state index contributed by atoms with van der Waals surface area (Å²) in [6.07, 6.45) is 1.17. The van der Waals surface area contributed by atoms with Gasteiger partial charge in [-0.2, -0.15) is 0 Å². The molecule has 2 rings (SSSR count). The Morgan fingerprint density at radius 2 is 2.35 bits per heavy atom. The molecular formula is C14H20ClN3O2. The van der Waals surface area contributed by atoms with Crippen molar-refractivity contribution >= 4 is 28.9 Å². The highest BCUT2D eigenvalue weighted by Gasteiger charge is 2.29. The number of rotatable bonds is 4. The number of likely N-dealkylation sites (tertiary alicyclic amines) is 1. The number of benzene rings is 1. The van der Waals surface area contributed by atoms with Crippen molar-refractivity contribution in [3.63, 3.8) is 0 Å². The van der Waals surface area contributed by atoms with Crippen LogP contribution in [0.2, 0.25) is 5.02 Å². The Labute approximate surface area is 124 Å². The molecule has 0 saturated carbocycles. The molecule has 1 heterocycles. The zero-order valence-electron chi connectivity index (χ0n) is 11.7. The second-order valence-electron chi connectivity index (χ2n) is 5.04. The van der Waals surface area contributed by atoms with Crippen molar-refractivity contribution in [2.45, 2.75) is 25.5 Å². The fourth-order valence-corrected chi connectivity index (χ4v) is 2.53. The van der Waals surface area contributed by atoms with Crippen LogP contribution in [-0.4, -0.2) is 43.2 Å². The van der Waals surface area contributed by atoms with Crippen LogP contribution in [0.1, 0.15) is 13.3 Å². The van der Waals surface area contributed by atoms with Crippen molar-refractivity contribution < 1.29 is 9.53 Å². The Bertz CT molecular complexity index is 495. The number of hydrogen-bond donors (Lipinski definition) is 2. The predicted octanol–water partition coefficient (Wildman–Crippen LogP) is 1.97. The second-order valence-corrected chi connectivity index (χ2v) is 5.47. The van der Waals surface area contributed by atoms with Gasteiger partial charge in [-0.15, -0.1) is 0 Å². The Balaban J connectivity index is 1.97. The second kappa shape index (κ2) is 6.43. The Morgan fingerprint density at radius 3 is 2.95 bits per heavy atom. The highest BCUT2D eigenvalue weighted by molar-refractivity contribution is 6.31. The number of anilines is 2. The summed E-state index contributed by atoms with van der Waals surface area (Å²) in [6.45, 7) is 3.53. The molecule has 1 aromatic rings. The van der Waals surface area contributed by atoms with Crippen molar-refractivity contribution in [3.8, 4) is 0 Å². The number of nitrogens with one attached hydrogen (secondary N) is 1. The molecule has 20 heavy (non-hydrogen) atoms. The minimum absolute atomic E-state index is 0.0734. The highest BCUT2D eigenvalue weighted by Crippen LogP contribution is 2.23. The number of methoxy groups -OCH3 is 1. The van der Waals surface area contributed by atoms with Crippen molar-refractivity contribution in [1.82, 2.24) is 4.90 Å². The molecule has 0 spiro atoms. The van der Waals surface area contributed by atoms with Crippen LogP contribution in [-0.2, 0) is 9.53 Å². The number of hydrogen-bond acceptors (Lipinski definition) is 4. The minimum Gasteiger partial charge on any atom is -0.397 e. The number of nitrogen functional groups attached to an aromatic ring is 1. The molecule has 0 bridgehead atoms. The summed E-state index contributed by atoms with van der Waals surface area (Å²) in [5, 5.41) is 3.39. The quantitative estimate of drug-likeness (QED) is 0.834. The molecule has 1 fully saturated rings. The van der Waals surface area contributed by atoms with Gasteiger partial charge < -0.3 is 15.8 Å². The van der Waals surface area contributed by atoms with Crippen LogP contribution < -0.4 is 11.1 Å². The summed E-state index contributed by atoms with van der Waals surface area (Å²) in [7, 11) is 1.70. The molecule has 1 aliphatic heterocycles.